The van der Waals surface area contributed by atoms with Gasteiger partial charge in [0.05, 0.1) is 11.1 Å². The maximum absolute atomic E-state index is 11.2. The summed E-state index contributed by atoms with van der Waals surface area (Å²) in [6, 6.07) is 25.3. The Kier molecular flexibility index (Phi) is 3.98. The maximum Gasteiger partial charge on any atom is 0.231 e. The van der Waals surface area contributed by atoms with Crippen molar-refractivity contribution in [3.8, 4) is 45.5 Å². The number of hydrogen-bond donors (Lipinski definition) is 2. The van der Waals surface area contributed by atoms with Crippen molar-refractivity contribution in [3.05, 3.63) is 84.9 Å². The van der Waals surface area contributed by atoms with Gasteiger partial charge in [-0.05, 0) is 59.7 Å². The van der Waals surface area contributed by atoms with Gasteiger partial charge in [0.25, 0.3) is 0 Å². The van der Waals surface area contributed by atoms with E-state index in [1.165, 1.54) is 0 Å². The Labute approximate surface area is 182 Å². The third-order valence-corrected chi connectivity index (χ3v) is 5.36. The second-order valence-corrected chi connectivity index (χ2v) is 7.44. The molecule has 2 heterocycles. The van der Waals surface area contributed by atoms with Crippen LogP contribution in [0.3, 0.4) is 0 Å². The van der Waals surface area contributed by atoms with Gasteiger partial charge in [0, 0.05) is 0 Å². The van der Waals surface area contributed by atoms with E-state index < -0.39 is 0 Å². The zero-order chi connectivity index (χ0) is 21.7. The quantitative estimate of drug-likeness (QED) is 0.345. The molecule has 6 aromatic rings. The molecule has 0 aliphatic rings. The molecule has 0 atom stereocenters. The molecule has 0 saturated heterocycles. The molecular formula is C26H16N2O4. The average molecular weight is 420 g/mol. The van der Waals surface area contributed by atoms with Gasteiger partial charge < -0.3 is 19.0 Å². The molecule has 154 valence electrons. The number of phenols is 2. The van der Waals surface area contributed by atoms with E-state index >= 15 is 0 Å². The standard InChI is InChI=1S/C26H16N2O4/c29-17-11-9-15(10-12-17)16-13-18(25-27-20-5-1-3-7-22(20)31-25)24(30)19(14-16)26-28-21-6-2-4-8-23(21)32-26/h1-14,29-30H. The Morgan fingerprint density at radius 3 is 1.56 bits per heavy atom. The molecule has 0 saturated carbocycles. The molecule has 0 unspecified atom stereocenters. The predicted molar refractivity (Wildman–Crippen MR) is 121 cm³/mol. The zero-order valence-corrected chi connectivity index (χ0v) is 16.7. The smallest absolute Gasteiger partial charge is 0.231 e. The van der Waals surface area contributed by atoms with Crippen LogP contribution in [-0.4, -0.2) is 20.2 Å². The monoisotopic (exact) mass is 420 g/mol. The number of para-hydroxylation sites is 4. The van der Waals surface area contributed by atoms with Crippen molar-refractivity contribution in [2.75, 3.05) is 0 Å². The van der Waals surface area contributed by atoms with Crippen LogP contribution >= 0.6 is 0 Å². The van der Waals surface area contributed by atoms with Crippen LogP contribution in [-0.2, 0) is 0 Å². The summed E-state index contributed by atoms with van der Waals surface area (Å²) >= 11 is 0. The Morgan fingerprint density at radius 1 is 0.562 bits per heavy atom. The number of oxazole rings is 2. The van der Waals surface area contributed by atoms with Crippen LogP contribution in [0.4, 0.5) is 0 Å². The van der Waals surface area contributed by atoms with Crippen molar-refractivity contribution in [2.45, 2.75) is 0 Å². The third-order valence-electron chi connectivity index (χ3n) is 5.36. The van der Waals surface area contributed by atoms with Gasteiger partial charge in [0.15, 0.2) is 11.2 Å². The first-order valence-electron chi connectivity index (χ1n) is 10.0. The highest BCUT2D eigenvalue weighted by atomic mass is 16.4. The fourth-order valence-electron chi connectivity index (χ4n) is 3.76. The number of hydrogen-bond acceptors (Lipinski definition) is 6. The lowest BCUT2D eigenvalue weighted by Gasteiger charge is -2.10. The fourth-order valence-corrected chi connectivity index (χ4v) is 3.76. The topological polar surface area (TPSA) is 92.5 Å². The molecule has 0 bridgehead atoms. The van der Waals surface area contributed by atoms with E-state index in [9.17, 15) is 10.2 Å². The molecule has 0 aliphatic carbocycles. The number of fused-ring (bicyclic) bond motifs is 2. The summed E-state index contributed by atoms with van der Waals surface area (Å²) in [5, 5.41) is 20.9. The molecule has 4 aromatic carbocycles. The molecule has 2 aromatic heterocycles. The average Bonchev–Trinajstić information content (AvgIpc) is 3.44. The molecule has 32 heavy (non-hydrogen) atoms. The van der Waals surface area contributed by atoms with Gasteiger partial charge in [0.2, 0.25) is 11.8 Å². The second-order valence-electron chi connectivity index (χ2n) is 7.44. The third kappa shape index (κ3) is 2.97. The summed E-state index contributed by atoms with van der Waals surface area (Å²) in [5.41, 5.74) is 5.12. The molecule has 0 fully saturated rings. The number of aromatic hydroxyl groups is 2. The summed E-state index contributed by atoms with van der Waals surface area (Å²) in [7, 11) is 0. The van der Waals surface area contributed by atoms with Crippen molar-refractivity contribution in [3.63, 3.8) is 0 Å². The molecule has 2 N–H and O–H groups in total. The van der Waals surface area contributed by atoms with Crippen LogP contribution in [0.15, 0.2) is 93.8 Å². The van der Waals surface area contributed by atoms with E-state index in [0.717, 1.165) is 11.1 Å². The molecule has 0 amide bonds. The minimum atomic E-state index is -0.0364. The number of phenolic OH excluding ortho intramolecular Hbond substituents is 2. The van der Waals surface area contributed by atoms with Gasteiger partial charge in [0.1, 0.15) is 22.5 Å². The Hall–Kier alpha value is -4.58. The van der Waals surface area contributed by atoms with Crippen LogP contribution in [0.1, 0.15) is 0 Å². The van der Waals surface area contributed by atoms with Gasteiger partial charge in [-0.1, -0.05) is 36.4 Å². The van der Waals surface area contributed by atoms with E-state index in [-0.39, 0.29) is 11.5 Å². The summed E-state index contributed by atoms with van der Waals surface area (Å²) in [5.74, 6) is 0.722. The van der Waals surface area contributed by atoms with E-state index in [0.29, 0.717) is 45.1 Å². The first-order chi connectivity index (χ1) is 15.7. The van der Waals surface area contributed by atoms with Crippen LogP contribution in [0.25, 0.3) is 56.2 Å². The minimum absolute atomic E-state index is 0.0364. The zero-order valence-electron chi connectivity index (χ0n) is 16.7. The van der Waals surface area contributed by atoms with Crippen molar-refractivity contribution in [1.29, 1.82) is 0 Å². The fraction of sp³-hybridized carbons (Fsp3) is 0. The molecular weight excluding hydrogens is 404 g/mol. The lowest BCUT2D eigenvalue weighted by atomic mass is 9.98. The summed E-state index contributed by atoms with van der Waals surface area (Å²) in [6.07, 6.45) is 0. The molecule has 6 rings (SSSR count). The Morgan fingerprint density at radius 2 is 1.06 bits per heavy atom. The van der Waals surface area contributed by atoms with E-state index in [1.807, 2.05) is 48.5 Å². The first kappa shape index (κ1) is 18.2. The minimum Gasteiger partial charge on any atom is -0.508 e. The number of rotatable bonds is 3. The predicted octanol–water partition coefficient (Wildman–Crippen LogP) is 6.38. The lowest BCUT2D eigenvalue weighted by molar-refractivity contribution is 0.472. The van der Waals surface area contributed by atoms with Gasteiger partial charge in [-0.15, -0.1) is 0 Å². The molecule has 0 spiro atoms. The SMILES string of the molecule is Oc1ccc(-c2cc(-c3nc4ccccc4o3)c(O)c(-c3nc4ccccc4o3)c2)cc1. The maximum atomic E-state index is 11.2. The largest absolute Gasteiger partial charge is 0.508 e. The van der Waals surface area contributed by atoms with E-state index in [2.05, 4.69) is 9.97 Å². The van der Waals surface area contributed by atoms with Crippen LogP contribution < -0.4 is 0 Å². The van der Waals surface area contributed by atoms with E-state index in [4.69, 9.17) is 8.83 Å². The molecule has 0 radical (unpaired) electrons. The van der Waals surface area contributed by atoms with Crippen molar-refractivity contribution >= 4 is 22.2 Å². The number of nitrogens with zero attached hydrogens (tertiary/aromatic N) is 2. The summed E-state index contributed by atoms with van der Waals surface area (Å²) in [6.45, 7) is 0. The van der Waals surface area contributed by atoms with Crippen LogP contribution in [0.2, 0.25) is 0 Å². The van der Waals surface area contributed by atoms with Crippen molar-refractivity contribution in [2.24, 2.45) is 0 Å². The second kappa shape index (κ2) is 6.99. The van der Waals surface area contributed by atoms with Crippen molar-refractivity contribution in [1.82, 2.24) is 9.97 Å². The molecule has 6 heteroatoms. The highest BCUT2D eigenvalue weighted by Crippen LogP contribution is 2.42. The van der Waals surface area contributed by atoms with Gasteiger partial charge >= 0.3 is 0 Å². The lowest BCUT2D eigenvalue weighted by Crippen LogP contribution is -1.88. The van der Waals surface area contributed by atoms with E-state index in [1.54, 1.807) is 36.4 Å². The van der Waals surface area contributed by atoms with Crippen molar-refractivity contribution < 1.29 is 19.0 Å². The highest BCUT2D eigenvalue weighted by Gasteiger charge is 2.21. The number of benzene rings is 4. The van der Waals surface area contributed by atoms with Crippen LogP contribution in [0.5, 0.6) is 11.5 Å². The molecule has 6 nitrogen and oxygen atoms in total. The van der Waals surface area contributed by atoms with Gasteiger partial charge in [-0.25, -0.2) is 9.97 Å². The van der Waals surface area contributed by atoms with Crippen LogP contribution in [0, 0.1) is 0 Å². The highest BCUT2D eigenvalue weighted by molar-refractivity contribution is 5.87. The Bertz CT molecular complexity index is 1430. The summed E-state index contributed by atoms with van der Waals surface area (Å²) < 4.78 is 11.9. The Balaban J connectivity index is 1.61. The normalized spacial score (nSPS) is 11.4. The first-order valence-corrected chi connectivity index (χ1v) is 10.0. The summed E-state index contributed by atoms with van der Waals surface area (Å²) in [4.78, 5) is 9.11. The van der Waals surface area contributed by atoms with Gasteiger partial charge in [-0.3, -0.25) is 0 Å². The molecule has 0 aliphatic heterocycles. The van der Waals surface area contributed by atoms with Gasteiger partial charge in [-0.2, -0.15) is 0 Å². The number of aromatic nitrogens is 2.